The highest BCUT2D eigenvalue weighted by Crippen LogP contribution is 2.24. The van der Waals surface area contributed by atoms with E-state index in [4.69, 9.17) is 10.5 Å². The number of para-hydroxylation sites is 1. The molecular formula is C16H26FNO. The van der Waals surface area contributed by atoms with Crippen molar-refractivity contribution < 1.29 is 9.13 Å². The van der Waals surface area contributed by atoms with Gasteiger partial charge in [0.15, 0.2) is 11.6 Å². The van der Waals surface area contributed by atoms with Gasteiger partial charge in [-0.3, -0.25) is 0 Å². The quantitative estimate of drug-likeness (QED) is 0.685. The van der Waals surface area contributed by atoms with Crippen LogP contribution in [0.5, 0.6) is 5.75 Å². The lowest BCUT2D eigenvalue weighted by Crippen LogP contribution is -2.22. The van der Waals surface area contributed by atoms with Crippen molar-refractivity contribution in [1.29, 1.82) is 0 Å². The monoisotopic (exact) mass is 267 g/mol. The van der Waals surface area contributed by atoms with Gasteiger partial charge in [-0.2, -0.15) is 0 Å². The van der Waals surface area contributed by atoms with Crippen molar-refractivity contribution >= 4 is 0 Å². The van der Waals surface area contributed by atoms with Crippen LogP contribution in [-0.4, -0.2) is 12.6 Å². The summed E-state index contributed by atoms with van der Waals surface area (Å²) in [5.74, 6) is 0.110. The van der Waals surface area contributed by atoms with Crippen molar-refractivity contribution in [3.8, 4) is 5.75 Å². The Morgan fingerprint density at radius 1 is 1.21 bits per heavy atom. The van der Waals surface area contributed by atoms with E-state index in [1.54, 1.807) is 6.07 Å². The molecule has 3 heteroatoms. The third kappa shape index (κ3) is 5.60. The fourth-order valence-corrected chi connectivity index (χ4v) is 2.01. The average Bonchev–Trinajstić information content (AvgIpc) is 2.41. The molecule has 108 valence electrons. The molecular weight excluding hydrogens is 241 g/mol. The maximum absolute atomic E-state index is 13.8. The van der Waals surface area contributed by atoms with Crippen LogP contribution in [0.3, 0.4) is 0 Å². The highest BCUT2D eigenvalue weighted by Gasteiger charge is 2.12. The normalized spacial score (nSPS) is 12.4. The lowest BCUT2D eigenvalue weighted by Gasteiger charge is -2.15. The first-order valence-electron chi connectivity index (χ1n) is 7.34. The van der Waals surface area contributed by atoms with Gasteiger partial charge < -0.3 is 10.5 Å². The van der Waals surface area contributed by atoms with Gasteiger partial charge in [-0.1, -0.05) is 45.2 Å². The Hall–Kier alpha value is -1.09. The maximum Gasteiger partial charge on any atom is 0.165 e. The Morgan fingerprint density at radius 3 is 2.68 bits per heavy atom. The second-order valence-electron chi connectivity index (χ2n) is 5.01. The summed E-state index contributed by atoms with van der Waals surface area (Å²) in [6.45, 7) is 4.78. The van der Waals surface area contributed by atoms with Crippen molar-refractivity contribution in [2.24, 2.45) is 5.73 Å². The number of ether oxygens (including phenoxy) is 1. The molecule has 1 aromatic rings. The first kappa shape index (κ1) is 16.0. The summed E-state index contributed by atoms with van der Waals surface area (Å²) in [6, 6.07) is 5.13. The van der Waals surface area contributed by atoms with Gasteiger partial charge >= 0.3 is 0 Å². The summed E-state index contributed by atoms with van der Waals surface area (Å²) in [4.78, 5) is 0. The standard InChI is InChI=1S/C16H26FNO/c1-3-5-6-7-11-19-16-13(12-14(18)4-2)9-8-10-15(16)17/h8-10,14H,3-7,11-12,18H2,1-2H3. The minimum Gasteiger partial charge on any atom is -0.490 e. The largest absolute Gasteiger partial charge is 0.490 e. The molecule has 0 saturated carbocycles. The SMILES string of the molecule is CCCCCCOc1c(F)cccc1CC(N)CC. The van der Waals surface area contributed by atoms with Crippen LogP contribution in [0.15, 0.2) is 18.2 Å². The van der Waals surface area contributed by atoms with Crippen molar-refractivity contribution in [1.82, 2.24) is 0 Å². The summed E-state index contributed by atoms with van der Waals surface area (Å²) >= 11 is 0. The van der Waals surface area contributed by atoms with Crippen LogP contribution in [0, 0.1) is 5.82 Å². The van der Waals surface area contributed by atoms with Crippen molar-refractivity contribution in [3.05, 3.63) is 29.6 Å². The van der Waals surface area contributed by atoms with Crippen molar-refractivity contribution in [2.45, 2.75) is 58.4 Å². The number of benzene rings is 1. The first-order chi connectivity index (χ1) is 9.19. The molecule has 19 heavy (non-hydrogen) atoms. The van der Waals surface area contributed by atoms with Gasteiger partial charge in [0.2, 0.25) is 0 Å². The van der Waals surface area contributed by atoms with Crippen molar-refractivity contribution in [2.75, 3.05) is 6.61 Å². The number of nitrogens with two attached hydrogens (primary N) is 1. The van der Waals surface area contributed by atoms with Crippen LogP contribution in [0.25, 0.3) is 0 Å². The molecule has 1 rings (SSSR count). The molecule has 0 aromatic heterocycles. The Bertz CT molecular complexity index is 368. The van der Waals surface area contributed by atoms with E-state index in [1.807, 2.05) is 13.0 Å². The smallest absolute Gasteiger partial charge is 0.165 e. The lowest BCUT2D eigenvalue weighted by molar-refractivity contribution is 0.286. The number of rotatable bonds is 9. The van der Waals surface area contributed by atoms with E-state index >= 15 is 0 Å². The third-order valence-corrected chi connectivity index (χ3v) is 3.30. The molecule has 0 amide bonds. The van der Waals surface area contributed by atoms with Crippen LogP contribution >= 0.6 is 0 Å². The molecule has 2 nitrogen and oxygen atoms in total. The van der Waals surface area contributed by atoms with E-state index in [-0.39, 0.29) is 11.9 Å². The lowest BCUT2D eigenvalue weighted by atomic mass is 10.0. The van der Waals surface area contributed by atoms with Gasteiger partial charge in [-0.15, -0.1) is 0 Å². The Morgan fingerprint density at radius 2 is 2.00 bits per heavy atom. The number of halogens is 1. The van der Waals surface area contributed by atoms with Crippen LogP contribution in [0.1, 0.15) is 51.5 Å². The number of hydrogen-bond donors (Lipinski definition) is 1. The molecule has 1 aromatic carbocycles. The second kappa shape index (κ2) is 8.92. The van der Waals surface area contributed by atoms with Gasteiger partial charge in [0.25, 0.3) is 0 Å². The van der Waals surface area contributed by atoms with Gasteiger partial charge in [0.1, 0.15) is 0 Å². The topological polar surface area (TPSA) is 35.2 Å². The molecule has 0 bridgehead atoms. The molecule has 0 spiro atoms. The predicted octanol–water partition coefficient (Wildman–Crippen LogP) is 4.06. The summed E-state index contributed by atoms with van der Waals surface area (Å²) in [5, 5.41) is 0. The summed E-state index contributed by atoms with van der Waals surface area (Å²) in [6.07, 6.45) is 6.05. The molecule has 0 radical (unpaired) electrons. The fourth-order valence-electron chi connectivity index (χ4n) is 2.01. The zero-order chi connectivity index (χ0) is 14.1. The summed E-state index contributed by atoms with van der Waals surface area (Å²) in [5.41, 5.74) is 6.82. The van der Waals surface area contributed by atoms with Crippen molar-refractivity contribution in [3.63, 3.8) is 0 Å². The number of unbranched alkanes of at least 4 members (excludes halogenated alkanes) is 3. The van der Waals surface area contributed by atoms with Gasteiger partial charge in [-0.05, 0) is 30.9 Å². The third-order valence-electron chi connectivity index (χ3n) is 3.30. The molecule has 0 aliphatic rings. The molecule has 0 saturated heterocycles. The zero-order valence-electron chi connectivity index (χ0n) is 12.1. The Balaban J connectivity index is 2.59. The van der Waals surface area contributed by atoms with Gasteiger partial charge in [-0.25, -0.2) is 4.39 Å². The summed E-state index contributed by atoms with van der Waals surface area (Å²) in [7, 11) is 0. The van der Waals surface area contributed by atoms with E-state index in [2.05, 4.69) is 6.92 Å². The van der Waals surface area contributed by atoms with E-state index < -0.39 is 0 Å². The molecule has 0 aliphatic carbocycles. The molecule has 0 fully saturated rings. The molecule has 0 heterocycles. The van der Waals surface area contributed by atoms with E-state index in [0.717, 1.165) is 24.8 Å². The minimum atomic E-state index is -0.281. The Labute approximate surface area is 116 Å². The average molecular weight is 267 g/mol. The minimum absolute atomic E-state index is 0.0595. The molecule has 1 unspecified atom stereocenters. The van der Waals surface area contributed by atoms with E-state index in [1.165, 1.54) is 18.9 Å². The van der Waals surface area contributed by atoms with E-state index in [9.17, 15) is 4.39 Å². The van der Waals surface area contributed by atoms with Gasteiger partial charge in [0, 0.05) is 6.04 Å². The van der Waals surface area contributed by atoms with Crippen LogP contribution in [0.4, 0.5) is 4.39 Å². The Kier molecular flexibility index (Phi) is 7.49. The number of hydrogen-bond acceptors (Lipinski definition) is 2. The maximum atomic E-state index is 13.8. The van der Waals surface area contributed by atoms with E-state index in [0.29, 0.717) is 18.8 Å². The molecule has 1 atom stereocenters. The van der Waals surface area contributed by atoms with Crippen LogP contribution < -0.4 is 10.5 Å². The first-order valence-corrected chi connectivity index (χ1v) is 7.34. The highest BCUT2D eigenvalue weighted by atomic mass is 19.1. The van der Waals surface area contributed by atoms with Crippen LogP contribution in [0.2, 0.25) is 0 Å². The summed E-state index contributed by atoms with van der Waals surface area (Å²) < 4.78 is 19.4. The molecule has 2 N–H and O–H groups in total. The van der Waals surface area contributed by atoms with Gasteiger partial charge in [0.05, 0.1) is 6.61 Å². The zero-order valence-corrected chi connectivity index (χ0v) is 12.1. The fraction of sp³-hybridized carbons (Fsp3) is 0.625. The highest BCUT2D eigenvalue weighted by molar-refractivity contribution is 5.35. The second-order valence-corrected chi connectivity index (χ2v) is 5.01. The predicted molar refractivity (Wildman–Crippen MR) is 78.0 cm³/mol. The molecule has 0 aliphatic heterocycles. The van der Waals surface area contributed by atoms with Crippen LogP contribution in [-0.2, 0) is 6.42 Å².